The average molecular weight is 998 g/mol. The summed E-state index contributed by atoms with van der Waals surface area (Å²) in [5, 5.41) is 36.6. The number of fused-ring (bicyclic) bond motifs is 3. The van der Waals surface area contributed by atoms with Crippen molar-refractivity contribution in [2.75, 3.05) is 32.8 Å². The van der Waals surface area contributed by atoms with E-state index in [4.69, 9.17) is 16.2 Å². The van der Waals surface area contributed by atoms with E-state index in [0.29, 0.717) is 32.4 Å². The topological polar surface area (TPSA) is 288 Å². The van der Waals surface area contributed by atoms with Gasteiger partial charge in [-0.1, -0.05) is 56.9 Å². The van der Waals surface area contributed by atoms with Crippen LogP contribution >= 0.6 is 0 Å². The first kappa shape index (κ1) is 55.0. The minimum absolute atomic E-state index is 0.00630. The second-order valence-corrected chi connectivity index (χ2v) is 19.5. The van der Waals surface area contributed by atoms with Crippen LogP contribution < -0.4 is 42.8 Å². The summed E-state index contributed by atoms with van der Waals surface area (Å²) >= 11 is 0. The maximum Gasteiger partial charge on any atom is 0.251 e. The Morgan fingerprint density at radius 2 is 1.51 bits per heavy atom. The van der Waals surface area contributed by atoms with Gasteiger partial charge >= 0.3 is 0 Å². The molecule has 3 saturated heterocycles. The van der Waals surface area contributed by atoms with Crippen molar-refractivity contribution in [3.8, 4) is 11.5 Å². The Hall–Kier alpha value is -6.31. The number of hydrogen-bond acceptors (Lipinski definition) is 12. The summed E-state index contributed by atoms with van der Waals surface area (Å²) in [6.07, 6.45) is 6.68. The third-order valence-corrected chi connectivity index (χ3v) is 13.8. The fourth-order valence-corrected chi connectivity index (χ4v) is 9.71. The van der Waals surface area contributed by atoms with Gasteiger partial charge < -0.3 is 62.8 Å². The molecule has 6 rings (SSSR count). The number of aryl methyl sites for hydroxylation is 1. The summed E-state index contributed by atoms with van der Waals surface area (Å²) in [5.41, 5.74) is 13.2. The zero-order chi connectivity index (χ0) is 51.7. The fraction of sp³-hybridized carbons (Fsp3) is 0.566. The number of carbonyl (C=O) groups is 7. The van der Waals surface area contributed by atoms with Gasteiger partial charge in [0.2, 0.25) is 35.4 Å². The van der Waals surface area contributed by atoms with Crippen LogP contribution in [0.25, 0.3) is 10.8 Å². The summed E-state index contributed by atoms with van der Waals surface area (Å²) < 4.78 is 5.99. The van der Waals surface area contributed by atoms with Crippen molar-refractivity contribution in [2.24, 2.45) is 11.5 Å². The minimum Gasteiger partial charge on any atom is -0.508 e. The molecule has 0 spiro atoms. The zero-order valence-electron chi connectivity index (χ0n) is 41.7. The molecule has 392 valence electrons. The number of amides is 7. The van der Waals surface area contributed by atoms with Crippen molar-refractivity contribution in [2.45, 2.75) is 159 Å². The molecule has 0 unspecified atom stereocenters. The molecule has 0 saturated carbocycles. The van der Waals surface area contributed by atoms with Crippen LogP contribution in [-0.4, -0.2) is 143 Å². The second-order valence-electron chi connectivity index (χ2n) is 19.5. The predicted octanol–water partition coefficient (Wildman–Crippen LogP) is 2.42. The van der Waals surface area contributed by atoms with Gasteiger partial charge in [0.1, 0.15) is 47.8 Å². The Bertz CT molecular complexity index is 2350. The largest absolute Gasteiger partial charge is 0.508 e. The number of aliphatic hydroxyl groups excluding tert-OH is 1. The van der Waals surface area contributed by atoms with E-state index in [1.54, 1.807) is 30.3 Å². The van der Waals surface area contributed by atoms with Gasteiger partial charge in [0, 0.05) is 31.2 Å². The summed E-state index contributed by atoms with van der Waals surface area (Å²) in [4.78, 5) is 102. The zero-order valence-corrected chi connectivity index (χ0v) is 41.7. The van der Waals surface area contributed by atoms with Gasteiger partial charge in [-0.15, -0.1) is 0 Å². The predicted molar refractivity (Wildman–Crippen MR) is 271 cm³/mol. The quantitative estimate of drug-likeness (QED) is 0.0882. The van der Waals surface area contributed by atoms with E-state index in [1.165, 1.54) is 48.1 Å². The molecule has 0 bridgehead atoms. The Morgan fingerprint density at radius 3 is 2.26 bits per heavy atom. The number of nitrogens with one attached hydrogen (secondary N) is 5. The average Bonchev–Trinajstić information content (AvgIpc) is 4.03. The number of hydrogen-bond donors (Lipinski definition) is 9. The lowest BCUT2D eigenvalue weighted by Crippen LogP contribution is -2.61. The normalized spacial score (nSPS) is 24.3. The third kappa shape index (κ3) is 15.1. The Morgan fingerprint density at radius 1 is 0.778 bits per heavy atom. The number of aliphatic hydroxyl groups is 1. The molecule has 3 aliphatic rings. The number of unbranched alkanes of at least 4 members (excludes halogenated alkanes) is 5. The summed E-state index contributed by atoms with van der Waals surface area (Å²) in [6.45, 7) is 4.66. The molecule has 0 aliphatic carbocycles. The first-order valence-corrected chi connectivity index (χ1v) is 25.9. The molecule has 0 aromatic heterocycles. The molecule has 0 radical (unpaired) electrons. The van der Waals surface area contributed by atoms with E-state index in [0.717, 1.165) is 34.9 Å². The van der Waals surface area contributed by atoms with Crippen LogP contribution in [0.3, 0.4) is 0 Å². The number of phenolic OH excluding ortho intramolecular Hbond substituents is 1. The van der Waals surface area contributed by atoms with Crippen LogP contribution in [0.15, 0.2) is 60.7 Å². The minimum atomic E-state index is -1.53. The van der Waals surface area contributed by atoms with Gasteiger partial charge in [-0.3, -0.25) is 33.6 Å². The summed E-state index contributed by atoms with van der Waals surface area (Å²) in [7, 11) is 0. The van der Waals surface area contributed by atoms with E-state index < -0.39 is 89.7 Å². The molecule has 72 heavy (non-hydrogen) atoms. The van der Waals surface area contributed by atoms with Crippen molar-refractivity contribution in [3.63, 3.8) is 0 Å². The Labute approximate surface area is 421 Å². The number of rotatable bonds is 17. The van der Waals surface area contributed by atoms with Crippen molar-refractivity contribution in [1.29, 1.82) is 0 Å². The van der Waals surface area contributed by atoms with E-state index in [2.05, 4.69) is 33.5 Å². The number of ether oxygens (including phenoxy) is 1. The van der Waals surface area contributed by atoms with Crippen LogP contribution in [0.5, 0.6) is 11.5 Å². The molecule has 3 heterocycles. The van der Waals surface area contributed by atoms with E-state index in [-0.39, 0.29) is 75.9 Å². The first-order chi connectivity index (χ1) is 34.7. The van der Waals surface area contributed by atoms with Gasteiger partial charge in [0.15, 0.2) is 0 Å². The molecule has 19 nitrogen and oxygen atoms in total. The molecule has 3 aromatic rings. The van der Waals surface area contributed by atoms with Crippen LogP contribution in [-0.2, 0) is 35.2 Å². The van der Waals surface area contributed by atoms with E-state index in [9.17, 15) is 43.8 Å². The van der Waals surface area contributed by atoms with Gasteiger partial charge in [-0.05, 0) is 137 Å². The monoisotopic (exact) mass is 998 g/mol. The number of nitrogens with zero attached hydrogens (tertiary/aromatic N) is 2. The van der Waals surface area contributed by atoms with E-state index >= 15 is 0 Å². The lowest BCUT2D eigenvalue weighted by atomic mass is 10.0. The highest BCUT2D eigenvalue weighted by atomic mass is 16.5. The SMILES string of the molecule is CCCCCCCOc1ccc2cc(C(=O)N[C@H]3CCCNC(=O)[C@@H]4C[C@H](N)CN4C(=O)[C@H](CCCCN)NC(=O)[C@H](CCc4ccc(O)cc4)NC(=O)[C@@H]4CCCN4C(=O)[C@H]([C@@H](C)O)NC3=O)ccc2c1. The molecule has 3 fully saturated rings. The van der Waals surface area contributed by atoms with Crippen molar-refractivity contribution in [3.05, 3.63) is 71.8 Å². The highest BCUT2D eigenvalue weighted by molar-refractivity contribution is 6.02. The molecule has 11 N–H and O–H groups in total. The number of nitrogens with two attached hydrogens (primary N) is 2. The van der Waals surface area contributed by atoms with Crippen LogP contribution in [0.2, 0.25) is 0 Å². The molecular weight excluding hydrogens is 923 g/mol. The summed E-state index contributed by atoms with van der Waals surface area (Å²) in [5.74, 6) is -3.63. The van der Waals surface area contributed by atoms with Crippen molar-refractivity contribution in [1.82, 2.24) is 36.4 Å². The van der Waals surface area contributed by atoms with Crippen molar-refractivity contribution < 1.29 is 48.5 Å². The van der Waals surface area contributed by atoms with Gasteiger partial charge in [-0.25, -0.2) is 0 Å². The van der Waals surface area contributed by atoms with Crippen LogP contribution in [0.4, 0.5) is 0 Å². The number of phenols is 1. The standard InChI is InChI=1S/C53H75N9O10/c1-3-4-5-6-9-28-72-40-23-20-35-29-37(19-18-36(35)30-40)47(65)57-41-13-10-26-56-50(68)45-31-38(55)32-62(45)52(70)43(12-7-8-25-54)59-48(66)42(24-17-34-15-21-39(64)22-16-34)58-51(69)44-14-11-27-61(44)53(71)46(33(2)63)60-49(41)67/h15-16,18-23,29-30,33,38,41-46,63-64H,3-14,17,24-28,31-32,54-55H2,1-2H3,(H,56,68)(H,57,65)(H,58,69)(H,59,66)(H,60,67)/t33-,38+,41+,42+,43+,44+,45+,46+/m1/s1. The van der Waals surface area contributed by atoms with E-state index in [1.807, 2.05) is 18.2 Å². The Balaban J connectivity index is 1.26. The fourth-order valence-electron chi connectivity index (χ4n) is 9.71. The lowest BCUT2D eigenvalue weighted by molar-refractivity contribution is -0.144. The molecule has 3 aliphatic heterocycles. The third-order valence-electron chi connectivity index (χ3n) is 13.8. The number of benzene rings is 3. The highest BCUT2D eigenvalue weighted by Gasteiger charge is 2.43. The molecule has 19 heteroatoms. The maximum atomic E-state index is 14.5. The summed E-state index contributed by atoms with van der Waals surface area (Å²) in [6, 6.07) is 9.47. The number of carbonyl (C=O) groups excluding carboxylic acids is 7. The molecule has 3 aromatic carbocycles. The smallest absolute Gasteiger partial charge is 0.251 e. The maximum absolute atomic E-state index is 14.5. The van der Waals surface area contributed by atoms with Crippen LogP contribution in [0.1, 0.15) is 120 Å². The Kier molecular flexibility index (Phi) is 20.6. The first-order valence-electron chi connectivity index (χ1n) is 25.9. The molecular formula is C53H75N9O10. The lowest BCUT2D eigenvalue weighted by Gasteiger charge is -2.32. The highest BCUT2D eigenvalue weighted by Crippen LogP contribution is 2.25. The van der Waals surface area contributed by atoms with Gasteiger partial charge in [-0.2, -0.15) is 0 Å². The molecule has 8 atom stereocenters. The molecule has 7 amide bonds. The van der Waals surface area contributed by atoms with Gasteiger partial charge in [0.05, 0.1) is 12.7 Å². The van der Waals surface area contributed by atoms with Crippen LogP contribution in [0, 0.1) is 0 Å². The van der Waals surface area contributed by atoms with Crippen molar-refractivity contribution >= 4 is 52.1 Å². The van der Waals surface area contributed by atoms with Gasteiger partial charge in [0.25, 0.3) is 5.91 Å². The second kappa shape index (κ2) is 26.9. The number of aromatic hydroxyl groups is 1.